The molecule has 5 atom stereocenters. The lowest BCUT2D eigenvalue weighted by Crippen LogP contribution is -2.35. The molecule has 0 radical (unpaired) electrons. The summed E-state index contributed by atoms with van der Waals surface area (Å²) in [6, 6.07) is 0. The van der Waals surface area contributed by atoms with Crippen molar-refractivity contribution in [2.24, 2.45) is 28.6 Å². The van der Waals surface area contributed by atoms with Crippen LogP contribution >= 0.6 is 0 Å². The highest BCUT2D eigenvalue weighted by atomic mass is 16.6. The molecule has 4 aliphatic carbocycles. The highest BCUT2D eigenvalue weighted by molar-refractivity contribution is 5.29. The maximum absolute atomic E-state index is 10.4. The van der Waals surface area contributed by atoms with E-state index in [0.717, 1.165) is 24.2 Å². The monoisotopic (exact) mass is 236 g/mol. The summed E-state index contributed by atoms with van der Waals surface area (Å²) in [5, 5.41) is 10.4. The third-order valence-electron chi connectivity index (χ3n) is 7.17. The standard InChI is InChI=1S/C15H24O2/c1-13(2)12(17-13)11(16)7-14(3)8-5-9-10(6-8)15(9,14)4/h8-12,16H,5-7H2,1-4H3. The predicted octanol–water partition coefficient (Wildman–Crippen LogP) is 2.60. The molecule has 5 aliphatic rings. The van der Waals surface area contributed by atoms with Crippen LogP contribution in [0.25, 0.3) is 0 Å². The Kier molecular flexibility index (Phi) is 1.65. The molecule has 1 N–H and O–H groups in total. The van der Waals surface area contributed by atoms with Gasteiger partial charge in [0.25, 0.3) is 0 Å². The molecule has 2 heteroatoms. The second kappa shape index (κ2) is 2.60. The van der Waals surface area contributed by atoms with E-state index in [1.165, 1.54) is 12.8 Å². The molecule has 1 heterocycles. The second-order valence-electron chi connectivity index (χ2n) is 7.99. The Balaban J connectivity index is 1.53. The average molecular weight is 236 g/mol. The summed E-state index contributed by atoms with van der Waals surface area (Å²) in [6.07, 6.45) is 3.64. The minimum atomic E-state index is -0.257. The van der Waals surface area contributed by atoms with Crippen molar-refractivity contribution in [1.29, 1.82) is 0 Å². The fraction of sp³-hybridized carbons (Fsp3) is 1.00. The van der Waals surface area contributed by atoms with Crippen LogP contribution in [0.4, 0.5) is 0 Å². The Morgan fingerprint density at radius 1 is 1.18 bits per heavy atom. The van der Waals surface area contributed by atoms with Gasteiger partial charge in [0.05, 0.1) is 11.7 Å². The molecule has 17 heavy (non-hydrogen) atoms. The first-order valence-electron chi connectivity index (χ1n) is 7.16. The highest BCUT2D eigenvalue weighted by Crippen LogP contribution is 2.87. The minimum Gasteiger partial charge on any atom is -0.390 e. The van der Waals surface area contributed by atoms with Crippen molar-refractivity contribution in [3.05, 3.63) is 0 Å². The Morgan fingerprint density at radius 2 is 1.71 bits per heavy atom. The Bertz CT molecular complexity index is 376. The molecule has 4 saturated carbocycles. The number of aliphatic hydroxyl groups is 1. The molecule has 5 fully saturated rings. The van der Waals surface area contributed by atoms with Gasteiger partial charge in [0.1, 0.15) is 6.10 Å². The molecule has 0 aromatic heterocycles. The van der Waals surface area contributed by atoms with Crippen molar-refractivity contribution < 1.29 is 9.84 Å². The number of epoxide rings is 1. The van der Waals surface area contributed by atoms with Crippen LogP contribution in [0, 0.1) is 28.6 Å². The number of rotatable bonds is 3. The third-order valence-corrected chi connectivity index (χ3v) is 7.17. The summed E-state index contributed by atoms with van der Waals surface area (Å²) in [6.45, 7) is 9.07. The van der Waals surface area contributed by atoms with E-state index in [-0.39, 0.29) is 17.8 Å². The van der Waals surface area contributed by atoms with Crippen LogP contribution in [0.1, 0.15) is 47.0 Å². The van der Waals surface area contributed by atoms with E-state index in [9.17, 15) is 5.11 Å². The fourth-order valence-corrected chi connectivity index (χ4v) is 5.80. The van der Waals surface area contributed by atoms with Crippen LogP contribution in [-0.4, -0.2) is 22.9 Å². The van der Waals surface area contributed by atoms with Crippen molar-refractivity contribution in [3.8, 4) is 0 Å². The smallest absolute Gasteiger partial charge is 0.113 e. The molecule has 0 spiro atoms. The van der Waals surface area contributed by atoms with E-state index in [4.69, 9.17) is 4.74 Å². The number of ether oxygens (including phenoxy) is 1. The first kappa shape index (κ1) is 10.8. The molecular weight excluding hydrogens is 212 g/mol. The summed E-state index contributed by atoms with van der Waals surface area (Å²) in [4.78, 5) is 0. The van der Waals surface area contributed by atoms with Crippen molar-refractivity contribution >= 4 is 0 Å². The van der Waals surface area contributed by atoms with Gasteiger partial charge in [-0.2, -0.15) is 0 Å². The molecular formula is C15H24O2. The largest absolute Gasteiger partial charge is 0.390 e. The molecule has 4 bridgehead atoms. The van der Waals surface area contributed by atoms with Gasteiger partial charge in [-0.3, -0.25) is 0 Å². The van der Waals surface area contributed by atoms with Gasteiger partial charge in [-0.15, -0.1) is 0 Å². The summed E-state index contributed by atoms with van der Waals surface area (Å²) < 4.78 is 5.60. The van der Waals surface area contributed by atoms with Crippen molar-refractivity contribution in [2.75, 3.05) is 0 Å². The molecule has 1 aliphatic heterocycles. The van der Waals surface area contributed by atoms with Gasteiger partial charge in [-0.25, -0.2) is 0 Å². The Hall–Kier alpha value is -0.0800. The lowest BCUT2D eigenvalue weighted by molar-refractivity contribution is 0.0402. The summed E-state index contributed by atoms with van der Waals surface area (Å²) >= 11 is 0. The molecule has 2 nitrogen and oxygen atoms in total. The van der Waals surface area contributed by atoms with Gasteiger partial charge in [0.15, 0.2) is 0 Å². The second-order valence-corrected chi connectivity index (χ2v) is 7.99. The summed E-state index contributed by atoms with van der Waals surface area (Å²) in [5.74, 6) is 2.84. The topological polar surface area (TPSA) is 32.8 Å². The lowest BCUT2D eigenvalue weighted by Gasteiger charge is -2.36. The van der Waals surface area contributed by atoms with E-state index in [1.807, 2.05) is 0 Å². The van der Waals surface area contributed by atoms with Gasteiger partial charge < -0.3 is 9.84 Å². The SMILES string of the molecule is CC1(C)OC1C(O)CC1(C)C2CC3C(C2)C31C. The molecule has 5 rings (SSSR count). The van der Waals surface area contributed by atoms with Crippen LogP contribution < -0.4 is 0 Å². The molecule has 0 aromatic carbocycles. The Morgan fingerprint density at radius 3 is 2.06 bits per heavy atom. The van der Waals surface area contributed by atoms with Crippen LogP contribution in [-0.2, 0) is 4.74 Å². The van der Waals surface area contributed by atoms with E-state index in [0.29, 0.717) is 10.8 Å². The summed E-state index contributed by atoms with van der Waals surface area (Å²) in [5.41, 5.74) is 0.850. The van der Waals surface area contributed by atoms with E-state index in [2.05, 4.69) is 27.7 Å². The maximum atomic E-state index is 10.4. The zero-order chi connectivity index (χ0) is 12.2. The molecule has 1 saturated heterocycles. The predicted molar refractivity (Wildman–Crippen MR) is 65.5 cm³/mol. The van der Waals surface area contributed by atoms with Gasteiger partial charge in [-0.05, 0) is 61.7 Å². The molecule has 0 aromatic rings. The van der Waals surface area contributed by atoms with Crippen molar-refractivity contribution in [1.82, 2.24) is 0 Å². The van der Waals surface area contributed by atoms with Crippen LogP contribution in [0.5, 0.6) is 0 Å². The van der Waals surface area contributed by atoms with Gasteiger partial charge in [0, 0.05) is 0 Å². The molecule has 96 valence electrons. The van der Waals surface area contributed by atoms with Crippen LogP contribution in [0.3, 0.4) is 0 Å². The highest BCUT2D eigenvalue weighted by Gasteiger charge is 2.81. The minimum absolute atomic E-state index is 0.0814. The van der Waals surface area contributed by atoms with Gasteiger partial charge in [-0.1, -0.05) is 13.8 Å². The number of hydrogen-bond acceptors (Lipinski definition) is 2. The molecule has 0 amide bonds. The maximum Gasteiger partial charge on any atom is 0.113 e. The lowest BCUT2D eigenvalue weighted by atomic mass is 9.69. The first-order chi connectivity index (χ1) is 7.81. The van der Waals surface area contributed by atoms with E-state index < -0.39 is 0 Å². The van der Waals surface area contributed by atoms with E-state index >= 15 is 0 Å². The van der Waals surface area contributed by atoms with E-state index in [1.54, 1.807) is 0 Å². The zero-order valence-electron chi connectivity index (χ0n) is 11.4. The van der Waals surface area contributed by atoms with Crippen molar-refractivity contribution in [3.63, 3.8) is 0 Å². The van der Waals surface area contributed by atoms with Crippen molar-refractivity contribution in [2.45, 2.75) is 64.8 Å². The number of hydrogen-bond donors (Lipinski definition) is 1. The zero-order valence-corrected chi connectivity index (χ0v) is 11.4. The first-order valence-corrected chi connectivity index (χ1v) is 7.16. The van der Waals surface area contributed by atoms with Crippen LogP contribution in [0.2, 0.25) is 0 Å². The van der Waals surface area contributed by atoms with Crippen LogP contribution in [0.15, 0.2) is 0 Å². The number of aliphatic hydroxyl groups excluding tert-OH is 1. The normalized spacial score (nSPS) is 62.6. The quantitative estimate of drug-likeness (QED) is 0.764. The van der Waals surface area contributed by atoms with Gasteiger partial charge >= 0.3 is 0 Å². The average Bonchev–Trinajstić information content (AvgIpc) is 2.85. The fourth-order valence-electron chi connectivity index (χ4n) is 5.80. The summed E-state index contributed by atoms with van der Waals surface area (Å²) in [7, 11) is 0. The Labute approximate surface area is 104 Å². The molecule has 5 unspecified atom stereocenters. The van der Waals surface area contributed by atoms with Gasteiger partial charge in [0.2, 0.25) is 0 Å². The third kappa shape index (κ3) is 1.02.